The lowest BCUT2D eigenvalue weighted by molar-refractivity contribution is -0.147. The van der Waals surface area contributed by atoms with E-state index in [9.17, 15) is 14.4 Å². The third kappa shape index (κ3) is 3.40. The molecule has 1 aliphatic heterocycles. The maximum atomic E-state index is 12.4. The van der Waals surface area contributed by atoms with Gasteiger partial charge in [-0.05, 0) is 25.7 Å². The second-order valence-corrected chi connectivity index (χ2v) is 4.88. The number of methoxy groups -OCH3 is 1. The van der Waals surface area contributed by atoms with Crippen LogP contribution in [-0.2, 0) is 14.3 Å². The average Bonchev–Trinajstić information content (AvgIpc) is 2.45. The molecule has 7 heteroatoms. The zero-order chi connectivity index (χ0) is 15.3. The van der Waals surface area contributed by atoms with Crippen LogP contribution in [0, 0.1) is 0 Å². The fourth-order valence-electron chi connectivity index (χ4n) is 2.49. The molecular formula is C13H22N2O5. The minimum absolute atomic E-state index is 0.314. The lowest BCUT2D eigenvalue weighted by Crippen LogP contribution is -2.55. The lowest BCUT2D eigenvalue weighted by Gasteiger charge is -2.37. The molecule has 0 aromatic carbocycles. The molecule has 7 nitrogen and oxygen atoms in total. The molecule has 1 N–H and O–H groups in total. The summed E-state index contributed by atoms with van der Waals surface area (Å²) in [6.07, 6.45) is 2.52. The summed E-state index contributed by atoms with van der Waals surface area (Å²) in [6, 6.07) is -1.94. The Labute approximate surface area is 118 Å². The third-order valence-electron chi connectivity index (χ3n) is 3.66. The van der Waals surface area contributed by atoms with E-state index in [-0.39, 0.29) is 0 Å². The van der Waals surface area contributed by atoms with Crippen LogP contribution in [0.15, 0.2) is 0 Å². The molecule has 0 bridgehead atoms. The van der Waals surface area contributed by atoms with E-state index in [0.717, 1.165) is 12.8 Å². The van der Waals surface area contributed by atoms with E-state index >= 15 is 0 Å². The lowest BCUT2D eigenvalue weighted by atomic mass is 10.0. The molecule has 0 radical (unpaired) electrons. The standard InChI is InChI=1S/C13H22N2O5/c1-4-9(11(16)17)14(2)13(19)15-8-6-5-7-10(15)12(18)20-3/h9-10H,4-8H2,1-3H3,(H,16,17). The molecule has 1 heterocycles. The Morgan fingerprint density at radius 3 is 2.55 bits per heavy atom. The van der Waals surface area contributed by atoms with Gasteiger partial charge in [-0.2, -0.15) is 0 Å². The first-order valence-corrected chi connectivity index (χ1v) is 6.78. The molecule has 114 valence electrons. The number of esters is 1. The predicted octanol–water partition coefficient (Wildman–Crippen LogP) is 0.929. The van der Waals surface area contributed by atoms with Crippen molar-refractivity contribution in [3.8, 4) is 0 Å². The monoisotopic (exact) mass is 286 g/mol. The number of hydrogen-bond donors (Lipinski definition) is 1. The van der Waals surface area contributed by atoms with E-state index in [4.69, 9.17) is 9.84 Å². The number of piperidine rings is 1. The smallest absolute Gasteiger partial charge is 0.328 e. The van der Waals surface area contributed by atoms with Crippen molar-refractivity contribution >= 4 is 18.0 Å². The summed E-state index contributed by atoms with van der Waals surface area (Å²) in [5.74, 6) is -1.50. The number of likely N-dealkylation sites (N-methyl/N-ethyl adjacent to an activating group) is 1. The number of hydrogen-bond acceptors (Lipinski definition) is 4. The van der Waals surface area contributed by atoms with E-state index in [1.165, 1.54) is 24.0 Å². The molecule has 0 aromatic heterocycles. The van der Waals surface area contributed by atoms with Crippen molar-refractivity contribution in [2.24, 2.45) is 0 Å². The fraction of sp³-hybridized carbons (Fsp3) is 0.769. The van der Waals surface area contributed by atoms with Crippen LogP contribution in [0.5, 0.6) is 0 Å². The van der Waals surface area contributed by atoms with E-state index in [1.807, 2.05) is 0 Å². The van der Waals surface area contributed by atoms with Crippen molar-refractivity contribution in [1.82, 2.24) is 9.80 Å². The molecule has 20 heavy (non-hydrogen) atoms. The molecule has 2 amide bonds. The van der Waals surface area contributed by atoms with Crippen molar-refractivity contribution < 1.29 is 24.2 Å². The zero-order valence-electron chi connectivity index (χ0n) is 12.2. The summed E-state index contributed by atoms with van der Waals surface area (Å²) in [7, 11) is 2.74. The third-order valence-corrected chi connectivity index (χ3v) is 3.66. The molecule has 1 rings (SSSR count). The molecule has 2 unspecified atom stereocenters. The average molecular weight is 286 g/mol. The highest BCUT2D eigenvalue weighted by Gasteiger charge is 2.36. The van der Waals surface area contributed by atoms with Gasteiger partial charge in [0.05, 0.1) is 7.11 Å². The van der Waals surface area contributed by atoms with Gasteiger partial charge in [-0.15, -0.1) is 0 Å². The Bertz CT molecular complexity index is 385. The first-order chi connectivity index (χ1) is 9.43. The summed E-state index contributed by atoms with van der Waals surface area (Å²) in [6.45, 7) is 2.15. The van der Waals surface area contributed by atoms with Crippen LogP contribution >= 0.6 is 0 Å². The normalized spacial score (nSPS) is 20.1. The van der Waals surface area contributed by atoms with Crippen molar-refractivity contribution in [3.05, 3.63) is 0 Å². The van der Waals surface area contributed by atoms with Gasteiger partial charge in [0.15, 0.2) is 0 Å². The molecule has 0 saturated carbocycles. The number of carboxylic acids is 1. The SMILES string of the molecule is CCC(C(=O)O)N(C)C(=O)N1CCCCC1C(=O)OC. The molecule has 0 spiro atoms. The zero-order valence-corrected chi connectivity index (χ0v) is 12.2. The van der Waals surface area contributed by atoms with Crippen molar-refractivity contribution in [1.29, 1.82) is 0 Å². The number of rotatable bonds is 4. The van der Waals surface area contributed by atoms with Crippen molar-refractivity contribution in [3.63, 3.8) is 0 Å². The highest BCUT2D eigenvalue weighted by atomic mass is 16.5. The molecular weight excluding hydrogens is 264 g/mol. The van der Waals surface area contributed by atoms with Gasteiger partial charge >= 0.3 is 18.0 Å². The van der Waals surface area contributed by atoms with Crippen molar-refractivity contribution in [2.45, 2.75) is 44.7 Å². The summed E-state index contributed by atoms with van der Waals surface area (Å²) in [5.41, 5.74) is 0. The minimum Gasteiger partial charge on any atom is -0.480 e. The van der Waals surface area contributed by atoms with Crippen molar-refractivity contribution in [2.75, 3.05) is 20.7 Å². The minimum atomic E-state index is -1.05. The van der Waals surface area contributed by atoms with Gasteiger partial charge in [0.1, 0.15) is 12.1 Å². The van der Waals surface area contributed by atoms with E-state index in [1.54, 1.807) is 6.92 Å². The Hall–Kier alpha value is -1.79. The quantitative estimate of drug-likeness (QED) is 0.777. The number of carboxylic acid groups (broad SMARTS) is 1. The summed E-state index contributed by atoms with van der Waals surface area (Å²) >= 11 is 0. The van der Waals surface area contributed by atoms with Gasteiger partial charge in [-0.3, -0.25) is 0 Å². The van der Waals surface area contributed by atoms with Crippen LogP contribution < -0.4 is 0 Å². The summed E-state index contributed by atoms with van der Waals surface area (Å²) in [5, 5.41) is 9.11. The number of nitrogens with zero attached hydrogens (tertiary/aromatic N) is 2. The Balaban J connectivity index is 2.86. The summed E-state index contributed by atoms with van der Waals surface area (Å²) in [4.78, 5) is 37.9. The number of amides is 2. The Kier molecular flexibility index (Phi) is 5.79. The molecule has 2 atom stereocenters. The van der Waals surface area contributed by atoms with Crippen LogP contribution in [0.3, 0.4) is 0 Å². The molecule has 0 aliphatic carbocycles. The Morgan fingerprint density at radius 2 is 2.05 bits per heavy atom. The van der Waals surface area contributed by atoms with E-state index in [2.05, 4.69) is 0 Å². The largest absolute Gasteiger partial charge is 0.480 e. The van der Waals surface area contributed by atoms with Gasteiger partial charge in [0.25, 0.3) is 0 Å². The predicted molar refractivity (Wildman–Crippen MR) is 71.2 cm³/mol. The number of carbonyl (C=O) groups excluding carboxylic acids is 2. The Morgan fingerprint density at radius 1 is 1.40 bits per heavy atom. The van der Waals surface area contributed by atoms with Crippen LogP contribution in [0.4, 0.5) is 4.79 Å². The van der Waals surface area contributed by atoms with Gasteiger partial charge in [0, 0.05) is 13.6 Å². The fourth-order valence-corrected chi connectivity index (χ4v) is 2.49. The number of urea groups is 1. The van der Waals surface area contributed by atoms with Crippen LogP contribution in [0.2, 0.25) is 0 Å². The highest BCUT2D eigenvalue weighted by molar-refractivity contribution is 5.86. The number of ether oxygens (including phenoxy) is 1. The number of carbonyl (C=O) groups is 3. The molecule has 0 aromatic rings. The number of likely N-dealkylation sites (tertiary alicyclic amines) is 1. The number of aliphatic carboxylic acids is 1. The topological polar surface area (TPSA) is 87.2 Å². The van der Waals surface area contributed by atoms with Crippen LogP contribution in [0.25, 0.3) is 0 Å². The van der Waals surface area contributed by atoms with Crippen LogP contribution in [0.1, 0.15) is 32.6 Å². The first-order valence-electron chi connectivity index (χ1n) is 6.78. The maximum Gasteiger partial charge on any atom is 0.328 e. The molecule has 1 aliphatic rings. The first kappa shape index (κ1) is 16.3. The van der Waals surface area contributed by atoms with Gasteiger partial charge in [0.2, 0.25) is 0 Å². The van der Waals surface area contributed by atoms with Gasteiger partial charge in [-0.1, -0.05) is 6.92 Å². The molecule has 1 fully saturated rings. The second kappa shape index (κ2) is 7.12. The van der Waals surface area contributed by atoms with Gasteiger partial charge in [-0.25, -0.2) is 14.4 Å². The second-order valence-electron chi connectivity index (χ2n) is 4.88. The maximum absolute atomic E-state index is 12.4. The molecule has 1 saturated heterocycles. The summed E-state index contributed by atoms with van der Waals surface area (Å²) < 4.78 is 4.72. The van der Waals surface area contributed by atoms with E-state index < -0.39 is 30.1 Å². The van der Waals surface area contributed by atoms with E-state index in [0.29, 0.717) is 19.4 Å². The highest BCUT2D eigenvalue weighted by Crippen LogP contribution is 2.20. The van der Waals surface area contributed by atoms with Crippen LogP contribution in [-0.4, -0.2) is 65.7 Å². The van der Waals surface area contributed by atoms with Gasteiger partial charge < -0.3 is 19.6 Å².